The van der Waals surface area contributed by atoms with Crippen LogP contribution in [0.1, 0.15) is 30.9 Å². The molecule has 1 aromatic rings. The van der Waals surface area contributed by atoms with E-state index in [0.29, 0.717) is 5.78 Å². The number of ketones is 1. The molecule has 2 rings (SSSR count). The van der Waals surface area contributed by atoms with E-state index < -0.39 is 0 Å². The van der Waals surface area contributed by atoms with Gasteiger partial charge in [-0.3, -0.25) is 4.79 Å². The number of hydrogen-bond donors (Lipinski definition) is 0. The summed E-state index contributed by atoms with van der Waals surface area (Å²) in [5.74, 6) is 1.22. The van der Waals surface area contributed by atoms with Gasteiger partial charge in [0.05, 0.1) is 7.11 Å². The Labute approximate surface area is 96.6 Å². The van der Waals surface area contributed by atoms with Crippen molar-refractivity contribution in [3.63, 3.8) is 0 Å². The van der Waals surface area contributed by atoms with Gasteiger partial charge in [0.15, 0.2) is 0 Å². The lowest BCUT2D eigenvalue weighted by atomic mass is 9.92. The summed E-state index contributed by atoms with van der Waals surface area (Å²) in [4.78, 5) is 11.6. The van der Waals surface area contributed by atoms with Crippen LogP contribution >= 0.6 is 0 Å². The molecule has 0 atom stereocenters. The Kier molecular flexibility index (Phi) is 2.75. The summed E-state index contributed by atoms with van der Waals surface area (Å²) in [6.45, 7) is 3.77. The van der Waals surface area contributed by atoms with Gasteiger partial charge in [-0.2, -0.15) is 0 Å². The van der Waals surface area contributed by atoms with Crippen molar-refractivity contribution in [1.82, 2.24) is 0 Å². The number of hydrogen-bond acceptors (Lipinski definition) is 2. The molecule has 1 aliphatic rings. The zero-order valence-corrected chi connectivity index (χ0v) is 10.2. The lowest BCUT2D eigenvalue weighted by Gasteiger charge is -2.14. The smallest absolute Gasteiger partial charge is 0.136 e. The third kappa shape index (κ3) is 1.97. The van der Waals surface area contributed by atoms with Crippen molar-refractivity contribution in [2.24, 2.45) is 5.41 Å². The summed E-state index contributed by atoms with van der Waals surface area (Å²) < 4.78 is 5.34. The van der Waals surface area contributed by atoms with Gasteiger partial charge >= 0.3 is 0 Å². The third-order valence-electron chi connectivity index (χ3n) is 3.57. The van der Waals surface area contributed by atoms with E-state index in [1.54, 1.807) is 14.0 Å². The van der Waals surface area contributed by atoms with E-state index in [1.807, 2.05) is 12.1 Å². The Morgan fingerprint density at radius 2 is 2.12 bits per heavy atom. The Hall–Kier alpha value is -1.31. The number of Topliss-reactive ketones (excluding diaryl/α,β-unsaturated/α-hetero) is 1. The summed E-state index contributed by atoms with van der Waals surface area (Å²) in [6.07, 6.45) is 2.88. The highest BCUT2D eigenvalue weighted by molar-refractivity contribution is 5.85. The first-order chi connectivity index (χ1) is 7.57. The summed E-state index contributed by atoms with van der Waals surface area (Å²) in [6, 6.07) is 6.15. The van der Waals surface area contributed by atoms with Gasteiger partial charge in [0.1, 0.15) is 11.5 Å². The maximum atomic E-state index is 11.6. The molecule has 0 unspecified atom stereocenters. The van der Waals surface area contributed by atoms with Crippen molar-refractivity contribution < 1.29 is 9.53 Å². The van der Waals surface area contributed by atoms with E-state index >= 15 is 0 Å². The quantitative estimate of drug-likeness (QED) is 0.776. The number of carbonyl (C=O) groups is 1. The molecule has 1 saturated carbocycles. The molecule has 2 nitrogen and oxygen atoms in total. The number of ether oxygens (including phenoxy) is 1. The molecule has 0 N–H and O–H groups in total. The highest BCUT2D eigenvalue weighted by Gasteiger charge is 2.47. The molecule has 0 radical (unpaired) electrons. The first-order valence-corrected chi connectivity index (χ1v) is 5.72. The van der Waals surface area contributed by atoms with E-state index in [1.165, 1.54) is 5.56 Å². The number of carbonyl (C=O) groups excluding carboxylic acids is 1. The molecule has 1 aliphatic carbocycles. The molecule has 0 spiro atoms. The number of rotatable bonds is 4. The molecule has 0 aliphatic heterocycles. The molecule has 0 bridgehead atoms. The van der Waals surface area contributed by atoms with Crippen LogP contribution in [0.2, 0.25) is 0 Å². The maximum Gasteiger partial charge on any atom is 0.136 e. The van der Waals surface area contributed by atoms with Gasteiger partial charge in [0, 0.05) is 5.41 Å². The van der Waals surface area contributed by atoms with Gasteiger partial charge in [0.25, 0.3) is 0 Å². The zero-order valence-electron chi connectivity index (χ0n) is 10.2. The average molecular weight is 218 g/mol. The minimum absolute atomic E-state index is 0.0823. The van der Waals surface area contributed by atoms with E-state index in [9.17, 15) is 4.79 Å². The van der Waals surface area contributed by atoms with Crippen molar-refractivity contribution in [3.8, 4) is 5.75 Å². The topological polar surface area (TPSA) is 26.3 Å². The highest BCUT2D eigenvalue weighted by Crippen LogP contribution is 2.50. The fourth-order valence-corrected chi connectivity index (χ4v) is 2.21. The van der Waals surface area contributed by atoms with Crippen LogP contribution in [0.5, 0.6) is 5.75 Å². The monoisotopic (exact) mass is 218 g/mol. The summed E-state index contributed by atoms with van der Waals surface area (Å²) in [5.41, 5.74) is 2.30. The van der Waals surface area contributed by atoms with Gasteiger partial charge in [-0.25, -0.2) is 0 Å². The first kappa shape index (κ1) is 11.2. The Morgan fingerprint density at radius 1 is 1.44 bits per heavy atom. The van der Waals surface area contributed by atoms with Crippen LogP contribution in [0.15, 0.2) is 18.2 Å². The fourth-order valence-electron chi connectivity index (χ4n) is 2.21. The maximum absolute atomic E-state index is 11.6. The molecule has 1 aromatic carbocycles. The van der Waals surface area contributed by atoms with E-state index in [4.69, 9.17) is 4.74 Å². The molecule has 1 fully saturated rings. The fraction of sp³-hybridized carbons (Fsp3) is 0.500. The minimum atomic E-state index is -0.0823. The molecule has 0 saturated heterocycles. The molecule has 86 valence electrons. The third-order valence-corrected chi connectivity index (χ3v) is 3.57. The average Bonchev–Trinajstić information content (AvgIpc) is 2.99. The van der Waals surface area contributed by atoms with Crippen LogP contribution in [0.3, 0.4) is 0 Å². The first-order valence-electron chi connectivity index (χ1n) is 5.72. The zero-order chi connectivity index (χ0) is 11.8. The van der Waals surface area contributed by atoms with Crippen LogP contribution in [0.4, 0.5) is 0 Å². The van der Waals surface area contributed by atoms with Crippen LogP contribution in [0, 0.1) is 12.3 Å². The van der Waals surface area contributed by atoms with Gasteiger partial charge in [-0.1, -0.05) is 17.7 Å². The second-order valence-electron chi connectivity index (χ2n) is 4.83. The van der Waals surface area contributed by atoms with Crippen molar-refractivity contribution in [1.29, 1.82) is 0 Å². The predicted octanol–water partition coefficient (Wildman–Crippen LogP) is 2.92. The van der Waals surface area contributed by atoms with Crippen LogP contribution < -0.4 is 4.74 Å². The van der Waals surface area contributed by atoms with Crippen LogP contribution in [-0.4, -0.2) is 12.9 Å². The van der Waals surface area contributed by atoms with Crippen molar-refractivity contribution in [2.45, 2.75) is 33.1 Å². The normalized spacial score (nSPS) is 16.9. The summed E-state index contributed by atoms with van der Waals surface area (Å²) >= 11 is 0. The largest absolute Gasteiger partial charge is 0.496 e. The van der Waals surface area contributed by atoms with Crippen molar-refractivity contribution >= 4 is 5.78 Å². The van der Waals surface area contributed by atoms with Crippen LogP contribution in [-0.2, 0) is 11.2 Å². The Morgan fingerprint density at radius 3 is 2.62 bits per heavy atom. The SMILES string of the molecule is COc1ccc(C)cc1CC1(C(C)=O)CC1. The van der Waals surface area contributed by atoms with Crippen molar-refractivity contribution in [2.75, 3.05) is 7.11 Å². The lowest BCUT2D eigenvalue weighted by Crippen LogP contribution is -2.15. The molecular weight excluding hydrogens is 200 g/mol. The number of benzene rings is 1. The van der Waals surface area contributed by atoms with E-state index in [0.717, 1.165) is 30.6 Å². The minimum Gasteiger partial charge on any atom is -0.496 e. The second kappa shape index (κ2) is 3.93. The standard InChI is InChI=1S/C14H18O2/c1-10-4-5-13(16-3)12(8-10)9-14(6-7-14)11(2)15/h4-5,8H,6-7,9H2,1-3H3. The van der Waals surface area contributed by atoms with E-state index in [-0.39, 0.29) is 5.41 Å². The Balaban J connectivity index is 2.27. The predicted molar refractivity (Wildman–Crippen MR) is 63.8 cm³/mol. The number of aryl methyl sites for hydroxylation is 1. The number of methoxy groups -OCH3 is 1. The van der Waals surface area contributed by atoms with Crippen molar-refractivity contribution in [3.05, 3.63) is 29.3 Å². The molecule has 16 heavy (non-hydrogen) atoms. The van der Waals surface area contributed by atoms with E-state index in [2.05, 4.69) is 13.0 Å². The Bertz CT molecular complexity index is 417. The lowest BCUT2D eigenvalue weighted by molar-refractivity contribution is -0.121. The molecule has 0 heterocycles. The van der Waals surface area contributed by atoms with Gasteiger partial charge in [0.2, 0.25) is 0 Å². The molecular formula is C14H18O2. The second-order valence-corrected chi connectivity index (χ2v) is 4.83. The van der Waals surface area contributed by atoms with Gasteiger partial charge in [-0.05, 0) is 44.7 Å². The summed E-state index contributed by atoms with van der Waals surface area (Å²) in [5, 5.41) is 0. The van der Waals surface area contributed by atoms with Gasteiger partial charge < -0.3 is 4.74 Å². The molecule has 0 aromatic heterocycles. The van der Waals surface area contributed by atoms with Gasteiger partial charge in [-0.15, -0.1) is 0 Å². The molecule has 0 amide bonds. The summed E-state index contributed by atoms with van der Waals surface area (Å²) in [7, 11) is 1.68. The molecule has 2 heteroatoms. The van der Waals surface area contributed by atoms with Crippen LogP contribution in [0.25, 0.3) is 0 Å². The highest BCUT2D eigenvalue weighted by atomic mass is 16.5.